The zero-order valence-electron chi connectivity index (χ0n) is 18.2. The predicted octanol–water partition coefficient (Wildman–Crippen LogP) is 5.54. The number of amides is 1. The number of aromatic nitrogens is 1. The van der Waals surface area contributed by atoms with Crippen molar-refractivity contribution in [3.63, 3.8) is 0 Å². The lowest BCUT2D eigenvalue weighted by Gasteiger charge is -2.26. The number of para-hydroxylation sites is 1. The van der Waals surface area contributed by atoms with Crippen molar-refractivity contribution in [1.82, 2.24) is 9.88 Å². The number of carbonyl (C=O) groups is 1. The maximum Gasteiger partial charge on any atom is 0.410 e. The van der Waals surface area contributed by atoms with Crippen molar-refractivity contribution in [2.75, 3.05) is 25.1 Å². The molecule has 1 fully saturated rings. The van der Waals surface area contributed by atoms with Crippen LogP contribution in [0.5, 0.6) is 0 Å². The molecule has 0 bridgehead atoms. The van der Waals surface area contributed by atoms with Crippen LogP contribution in [0.2, 0.25) is 0 Å². The Balaban J connectivity index is 1.70. The normalized spacial score (nSPS) is 13.5. The highest BCUT2D eigenvalue weighted by Crippen LogP contribution is 2.28. The first-order valence-corrected chi connectivity index (χ1v) is 10.8. The Labute approximate surface area is 186 Å². The van der Waals surface area contributed by atoms with Crippen molar-refractivity contribution in [3.8, 4) is 0 Å². The molecule has 32 heavy (non-hydrogen) atoms. The third kappa shape index (κ3) is 4.82. The van der Waals surface area contributed by atoms with Gasteiger partial charge in [0.15, 0.2) is 0 Å². The van der Waals surface area contributed by atoms with Gasteiger partial charge in [-0.25, -0.2) is 18.6 Å². The van der Waals surface area contributed by atoms with Crippen molar-refractivity contribution in [3.05, 3.63) is 70.8 Å². The zero-order valence-corrected chi connectivity index (χ0v) is 18.2. The number of methoxy groups -OCH3 is 1. The van der Waals surface area contributed by atoms with E-state index in [1.54, 1.807) is 17.0 Å². The average Bonchev–Trinajstić information content (AvgIpc) is 3.37. The lowest BCUT2D eigenvalue weighted by Crippen LogP contribution is -2.31. The number of alkyl halides is 2. The van der Waals surface area contributed by atoms with Crippen LogP contribution in [0.4, 0.5) is 19.4 Å². The van der Waals surface area contributed by atoms with E-state index in [9.17, 15) is 13.6 Å². The molecule has 1 saturated heterocycles. The summed E-state index contributed by atoms with van der Waals surface area (Å²) in [4.78, 5) is 21.4. The molecule has 0 spiro atoms. The van der Waals surface area contributed by atoms with Gasteiger partial charge in [0.2, 0.25) is 0 Å². The van der Waals surface area contributed by atoms with Crippen LogP contribution < -0.4 is 4.90 Å². The van der Waals surface area contributed by atoms with Gasteiger partial charge >= 0.3 is 6.09 Å². The molecule has 0 unspecified atom stereocenters. The number of anilines is 1. The molecule has 0 aliphatic carbocycles. The molecule has 0 N–H and O–H groups in total. The number of carbonyl (C=O) groups excluding carboxylic acids is 1. The van der Waals surface area contributed by atoms with Crippen molar-refractivity contribution in [2.24, 2.45) is 0 Å². The minimum atomic E-state index is -0.688. The van der Waals surface area contributed by atoms with E-state index >= 15 is 0 Å². The largest absolute Gasteiger partial charge is 0.453 e. The van der Waals surface area contributed by atoms with Gasteiger partial charge in [-0.15, -0.1) is 0 Å². The second-order valence-corrected chi connectivity index (χ2v) is 8.11. The number of fused-ring (bicyclic) bond motifs is 1. The zero-order chi connectivity index (χ0) is 22.5. The fraction of sp³-hybridized carbons (Fsp3) is 0.360. The van der Waals surface area contributed by atoms with Crippen LogP contribution in [-0.2, 0) is 31.2 Å². The van der Waals surface area contributed by atoms with Crippen LogP contribution in [0.15, 0.2) is 48.5 Å². The molecule has 0 atom stereocenters. The summed E-state index contributed by atoms with van der Waals surface area (Å²) in [7, 11) is 1.33. The molecule has 1 aliphatic rings. The van der Waals surface area contributed by atoms with E-state index in [2.05, 4.69) is 11.0 Å². The Hall–Kier alpha value is -3.22. The first-order chi connectivity index (χ1) is 15.6. The highest BCUT2D eigenvalue weighted by Gasteiger charge is 2.22. The van der Waals surface area contributed by atoms with Gasteiger partial charge in [0.1, 0.15) is 19.2 Å². The number of nitrogens with zero attached hydrogens (tertiary/aromatic N) is 3. The molecule has 4 rings (SSSR count). The topological polar surface area (TPSA) is 45.7 Å². The van der Waals surface area contributed by atoms with Crippen LogP contribution in [-0.4, -0.2) is 36.2 Å². The number of pyridine rings is 1. The smallest absolute Gasteiger partial charge is 0.410 e. The standard InChI is InChI=1S/C25H27F2N3O2/c1-32-25(31)30(16-20-11-18(14-26)10-19(12-20)15-27)17-22-13-21-6-2-3-7-23(21)28-24(22)29-8-4-5-9-29/h2-3,6-7,10-13H,4-5,8-9,14-17H2,1H3. The Kier molecular flexibility index (Phi) is 6.83. The molecule has 3 aromatic rings. The summed E-state index contributed by atoms with van der Waals surface area (Å²) in [6, 6.07) is 14.8. The van der Waals surface area contributed by atoms with Gasteiger partial charge in [0.05, 0.1) is 19.2 Å². The highest BCUT2D eigenvalue weighted by molar-refractivity contribution is 5.82. The Bertz CT molecular complexity index is 1080. The van der Waals surface area contributed by atoms with Gasteiger partial charge in [-0.05, 0) is 41.7 Å². The molecule has 7 heteroatoms. The van der Waals surface area contributed by atoms with Crippen molar-refractivity contribution in [2.45, 2.75) is 39.3 Å². The summed E-state index contributed by atoms with van der Waals surface area (Å²) in [6.45, 7) is 0.935. The third-order valence-corrected chi connectivity index (χ3v) is 5.77. The van der Waals surface area contributed by atoms with Gasteiger partial charge in [0.25, 0.3) is 0 Å². The van der Waals surface area contributed by atoms with E-state index in [-0.39, 0.29) is 13.1 Å². The van der Waals surface area contributed by atoms with Crippen molar-refractivity contribution < 1.29 is 18.3 Å². The maximum absolute atomic E-state index is 13.3. The molecule has 168 valence electrons. The van der Waals surface area contributed by atoms with Gasteiger partial charge < -0.3 is 9.64 Å². The van der Waals surface area contributed by atoms with Crippen molar-refractivity contribution in [1.29, 1.82) is 0 Å². The minimum absolute atomic E-state index is 0.180. The fourth-order valence-electron chi connectivity index (χ4n) is 4.29. The number of hydrogen-bond donors (Lipinski definition) is 0. The predicted molar refractivity (Wildman–Crippen MR) is 121 cm³/mol. The van der Waals surface area contributed by atoms with Crippen molar-refractivity contribution >= 4 is 22.8 Å². The van der Waals surface area contributed by atoms with E-state index in [1.165, 1.54) is 13.2 Å². The quantitative estimate of drug-likeness (QED) is 0.485. The SMILES string of the molecule is COC(=O)N(Cc1cc(CF)cc(CF)c1)Cc1cc2ccccc2nc1N1CCCC1. The summed E-state index contributed by atoms with van der Waals surface area (Å²) in [5.41, 5.74) is 3.28. The molecular weight excluding hydrogens is 412 g/mol. The van der Waals surface area contributed by atoms with E-state index in [0.29, 0.717) is 16.7 Å². The van der Waals surface area contributed by atoms with Gasteiger partial charge in [0, 0.05) is 30.6 Å². The maximum atomic E-state index is 13.3. The fourth-order valence-corrected chi connectivity index (χ4v) is 4.29. The van der Waals surface area contributed by atoms with E-state index < -0.39 is 19.4 Å². The molecule has 1 amide bonds. The molecule has 0 saturated carbocycles. The second kappa shape index (κ2) is 9.94. The summed E-state index contributed by atoms with van der Waals surface area (Å²) in [5.74, 6) is 0.872. The summed E-state index contributed by atoms with van der Waals surface area (Å²) in [5, 5.41) is 0.995. The average molecular weight is 440 g/mol. The number of halogens is 2. The first-order valence-electron chi connectivity index (χ1n) is 10.8. The van der Waals surface area contributed by atoms with Gasteiger partial charge in [-0.3, -0.25) is 4.90 Å². The molecule has 5 nitrogen and oxygen atoms in total. The number of hydrogen-bond acceptors (Lipinski definition) is 4. The summed E-state index contributed by atoms with van der Waals surface area (Å²) < 4.78 is 31.6. The number of rotatable bonds is 7. The molecule has 0 radical (unpaired) electrons. The molecule has 1 aliphatic heterocycles. The highest BCUT2D eigenvalue weighted by atomic mass is 19.1. The van der Waals surface area contributed by atoms with Crippen LogP contribution in [0, 0.1) is 0 Å². The Morgan fingerprint density at radius 1 is 1.00 bits per heavy atom. The van der Waals surface area contributed by atoms with Crippen LogP contribution in [0.1, 0.15) is 35.1 Å². The van der Waals surface area contributed by atoms with Gasteiger partial charge in [-0.2, -0.15) is 0 Å². The Morgan fingerprint density at radius 3 is 2.31 bits per heavy atom. The van der Waals surface area contributed by atoms with Gasteiger partial charge in [-0.1, -0.05) is 36.4 Å². The molecule has 2 heterocycles. The lowest BCUT2D eigenvalue weighted by atomic mass is 10.1. The van der Waals surface area contributed by atoms with Crippen LogP contribution >= 0.6 is 0 Å². The summed E-state index contributed by atoms with van der Waals surface area (Å²) in [6.07, 6.45) is 1.71. The Morgan fingerprint density at radius 2 is 1.66 bits per heavy atom. The molecular formula is C25H27F2N3O2. The van der Waals surface area contributed by atoms with Crippen LogP contribution in [0.25, 0.3) is 10.9 Å². The lowest BCUT2D eigenvalue weighted by molar-refractivity contribution is 0.118. The molecule has 1 aromatic heterocycles. The van der Waals surface area contributed by atoms with E-state index in [1.807, 2.05) is 24.3 Å². The monoisotopic (exact) mass is 439 g/mol. The third-order valence-electron chi connectivity index (χ3n) is 5.77. The number of ether oxygens (including phenoxy) is 1. The molecule has 2 aromatic carbocycles. The number of benzene rings is 2. The van der Waals surface area contributed by atoms with Crippen LogP contribution in [0.3, 0.4) is 0 Å². The van der Waals surface area contributed by atoms with E-state index in [0.717, 1.165) is 48.2 Å². The second-order valence-electron chi connectivity index (χ2n) is 8.11. The summed E-state index contributed by atoms with van der Waals surface area (Å²) >= 11 is 0. The first kappa shape index (κ1) is 22.0. The van der Waals surface area contributed by atoms with E-state index in [4.69, 9.17) is 9.72 Å². The minimum Gasteiger partial charge on any atom is -0.453 e.